The van der Waals surface area contributed by atoms with E-state index in [2.05, 4.69) is 15.9 Å². The number of carbonyl (C=O) groups excluding carboxylic acids is 1. The van der Waals surface area contributed by atoms with Gasteiger partial charge in [0.25, 0.3) is 0 Å². The number of ketones is 1. The van der Waals surface area contributed by atoms with Crippen molar-refractivity contribution in [3.8, 4) is 0 Å². The van der Waals surface area contributed by atoms with Gasteiger partial charge < -0.3 is 10.0 Å². The zero-order valence-corrected chi connectivity index (χ0v) is 11.8. The van der Waals surface area contributed by atoms with Crippen LogP contribution < -0.4 is 4.90 Å². The molecular formula is C12H13BrF3NO2. The van der Waals surface area contributed by atoms with Crippen LogP contribution in [0.3, 0.4) is 0 Å². The third kappa shape index (κ3) is 4.83. The Labute approximate surface area is 117 Å². The van der Waals surface area contributed by atoms with E-state index >= 15 is 0 Å². The van der Waals surface area contributed by atoms with Crippen molar-refractivity contribution in [1.29, 1.82) is 0 Å². The molecule has 0 aliphatic carbocycles. The lowest BCUT2D eigenvalue weighted by molar-refractivity contribution is -0.119. The Morgan fingerprint density at radius 3 is 2.53 bits per heavy atom. The number of benzene rings is 1. The normalized spacial score (nSPS) is 11.5. The molecule has 0 bridgehead atoms. The van der Waals surface area contributed by atoms with Crippen molar-refractivity contribution in [2.75, 3.05) is 24.6 Å². The third-order valence-corrected chi connectivity index (χ3v) is 2.91. The molecule has 0 saturated carbocycles. The average molecular weight is 340 g/mol. The highest BCUT2D eigenvalue weighted by Crippen LogP contribution is 2.28. The maximum Gasteiger partial charge on any atom is 0.405 e. The first-order chi connectivity index (χ1) is 8.74. The van der Waals surface area contributed by atoms with Crippen LogP contribution in [0.15, 0.2) is 22.7 Å². The molecular weight excluding hydrogens is 327 g/mol. The van der Waals surface area contributed by atoms with Gasteiger partial charge in [0.05, 0.1) is 6.61 Å². The first-order valence-electron chi connectivity index (χ1n) is 5.47. The molecule has 1 aromatic carbocycles. The van der Waals surface area contributed by atoms with Crippen LogP contribution in [0.25, 0.3) is 0 Å². The minimum absolute atomic E-state index is 0.160. The van der Waals surface area contributed by atoms with E-state index in [4.69, 9.17) is 5.11 Å². The minimum atomic E-state index is -4.41. The van der Waals surface area contributed by atoms with Crippen molar-refractivity contribution in [2.45, 2.75) is 13.1 Å². The van der Waals surface area contributed by atoms with E-state index in [0.29, 0.717) is 4.47 Å². The number of rotatable bonds is 5. The SMILES string of the molecule is CC(=O)c1ccc(Br)cc1N(CCO)CC(F)(F)F. The summed E-state index contributed by atoms with van der Waals surface area (Å²) in [6.45, 7) is -0.558. The topological polar surface area (TPSA) is 40.5 Å². The van der Waals surface area contributed by atoms with Crippen molar-refractivity contribution < 1.29 is 23.1 Å². The zero-order valence-electron chi connectivity index (χ0n) is 10.2. The smallest absolute Gasteiger partial charge is 0.395 e. The van der Waals surface area contributed by atoms with Gasteiger partial charge in [0.1, 0.15) is 6.54 Å². The van der Waals surface area contributed by atoms with Gasteiger partial charge >= 0.3 is 6.18 Å². The zero-order chi connectivity index (χ0) is 14.6. The van der Waals surface area contributed by atoms with Crippen LogP contribution in [-0.2, 0) is 0 Å². The van der Waals surface area contributed by atoms with Gasteiger partial charge in [-0.2, -0.15) is 13.2 Å². The summed E-state index contributed by atoms with van der Waals surface area (Å²) in [5, 5.41) is 8.89. The quantitative estimate of drug-likeness (QED) is 0.838. The van der Waals surface area contributed by atoms with Crippen LogP contribution in [0.4, 0.5) is 18.9 Å². The Morgan fingerprint density at radius 1 is 1.42 bits per heavy atom. The fourth-order valence-electron chi connectivity index (χ4n) is 1.69. The fourth-order valence-corrected chi connectivity index (χ4v) is 2.03. The second kappa shape index (κ2) is 6.38. The monoisotopic (exact) mass is 339 g/mol. The second-order valence-corrected chi connectivity index (χ2v) is 4.89. The van der Waals surface area contributed by atoms with E-state index in [-0.39, 0.29) is 23.6 Å². The van der Waals surface area contributed by atoms with Crippen molar-refractivity contribution in [3.63, 3.8) is 0 Å². The molecule has 0 spiro atoms. The predicted octanol–water partition coefficient (Wildman–Crippen LogP) is 3.01. The molecule has 106 valence electrons. The van der Waals surface area contributed by atoms with Crippen LogP contribution >= 0.6 is 15.9 Å². The lowest BCUT2D eigenvalue weighted by Crippen LogP contribution is -2.37. The number of anilines is 1. The van der Waals surface area contributed by atoms with Crippen molar-refractivity contribution >= 4 is 27.4 Å². The Bertz CT molecular complexity index is 463. The molecule has 0 saturated heterocycles. The first-order valence-corrected chi connectivity index (χ1v) is 6.27. The molecule has 19 heavy (non-hydrogen) atoms. The second-order valence-electron chi connectivity index (χ2n) is 3.98. The van der Waals surface area contributed by atoms with Crippen LogP contribution in [0.2, 0.25) is 0 Å². The summed E-state index contributed by atoms with van der Waals surface area (Å²) in [7, 11) is 0. The molecule has 0 unspecified atom stereocenters. The molecule has 0 aromatic heterocycles. The number of carbonyl (C=O) groups is 1. The van der Waals surface area contributed by atoms with Crippen LogP contribution in [0, 0.1) is 0 Å². The average Bonchev–Trinajstić information content (AvgIpc) is 2.26. The molecule has 0 aliphatic heterocycles. The molecule has 1 N–H and O–H groups in total. The van der Waals surface area contributed by atoms with Gasteiger partial charge in [0.15, 0.2) is 5.78 Å². The van der Waals surface area contributed by atoms with Gasteiger partial charge in [-0.3, -0.25) is 4.79 Å². The predicted molar refractivity (Wildman–Crippen MR) is 69.5 cm³/mol. The van der Waals surface area contributed by atoms with Crippen LogP contribution in [0.5, 0.6) is 0 Å². The van der Waals surface area contributed by atoms with Crippen molar-refractivity contribution in [1.82, 2.24) is 0 Å². The summed E-state index contributed by atoms with van der Waals surface area (Å²) < 4.78 is 38.2. The number of aliphatic hydroxyl groups excluding tert-OH is 1. The molecule has 0 aliphatic rings. The number of hydrogen-bond acceptors (Lipinski definition) is 3. The van der Waals surface area contributed by atoms with Crippen molar-refractivity contribution in [3.05, 3.63) is 28.2 Å². The fraction of sp³-hybridized carbons (Fsp3) is 0.417. The standard InChI is InChI=1S/C12H13BrF3NO2/c1-8(19)10-3-2-9(13)6-11(10)17(4-5-18)7-12(14,15)16/h2-3,6,18H,4-5,7H2,1H3. The maximum absolute atomic E-state index is 12.5. The van der Waals surface area contributed by atoms with Gasteiger partial charge in [-0.25, -0.2) is 0 Å². The van der Waals surface area contributed by atoms with Gasteiger partial charge in [0.2, 0.25) is 0 Å². The Kier molecular flexibility index (Phi) is 5.37. The number of nitrogens with zero attached hydrogens (tertiary/aromatic N) is 1. The minimum Gasteiger partial charge on any atom is -0.395 e. The van der Waals surface area contributed by atoms with Gasteiger partial charge in [-0.05, 0) is 25.1 Å². The molecule has 0 atom stereocenters. The van der Waals surface area contributed by atoms with E-state index in [1.807, 2.05) is 0 Å². The van der Waals surface area contributed by atoms with E-state index in [0.717, 1.165) is 4.90 Å². The largest absolute Gasteiger partial charge is 0.405 e. The molecule has 0 fully saturated rings. The van der Waals surface area contributed by atoms with Gasteiger partial charge in [0, 0.05) is 22.3 Å². The summed E-state index contributed by atoms with van der Waals surface area (Å²) >= 11 is 3.16. The highest BCUT2D eigenvalue weighted by Gasteiger charge is 2.31. The Balaban J connectivity index is 3.20. The Hall–Kier alpha value is -1.08. The number of Topliss-reactive ketones (excluding diaryl/α,β-unsaturated/α-hetero) is 1. The van der Waals surface area contributed by atoms with E-state index in [9.17, 15) is 18.0 Å². The van der Waals surface area contributed by atoms with E-state index in [1.165, 1.54) is 19.1 Å². The van der Waals surface area contributed by atoms with Gasteiger partial charge in [-0.1, -0.05) is 15.9 Å². The highest BCUT2D eigenvalue weighted by molar-refractivity contribution is 9.10. The third-order valence-electron chi connectivity index (χ3n) is 2.42. The van der Waals surface area contributed by atoms with E-state index < -0.39 is 19.3 Å². The molecule has 0 radical (unpaired) electrons. The molecule has 1 aromatic rings. The van der Waals surface area contributed by atoms with Crippen LogP contribution in [0.1, 0.15) is 17.3 Å². The first kappa shape index (κ1) is 16.0. The summed E-state index contributed by atoms with van der Waals surface area (Å²) in [4.78, 5) is 12.4. The summed E-state index contributed by atoms with van der Waals surface area (Å²) in [5.74, 6) is -0.326. The maximum atomic E-state index is 12.5. The van der Waals surface area contributed by atoms with Gasteiger partial charge in [-0.15, -0.1) is 0 Å². The number of halogens is 4. The molecule has 0 heterocycles. The molecule has 3 nitrogen and oxygen atoms in total. The van der Waals surface area contributed by atoms with E-state index in [1.54, 1.807) is 6.07 Å². The summed E-state index contributed by atoms with van der Waals surface area (Å²) in [5.41, 5.74) is 0.356. The number of aliphatic hydroxyl groups is 1. The summed E-state index contributed by atoms with van der Waals surface area (Å²) in [6.07, 6.45) is -4.41. The molecule has 7 heteroatoms. The Morgan fingerprint density at radius 2 is 2.05 bits per heavy atom. The lowest BCUT2D eigenvalue weighted by atomic mass is 10.1. The number of hydrogen-bond donors (Lipinski definition) is 1. The molecule has 1 rings (SSSR count). The van der Waals surface area contributed by atoms with Crippen molar-refractivity contribution in [2.24, 2.45) is 0 Å². The highest BCUT2D eigenvalue weighted by atomic mass is 79.9. The number of alkyl halides is 3. The van der Waals surface area contributed by atoms with Crippen LogP contribution in [-0.4, -0.2) is 36.8 Å². The molecule has 0 amide bonds. The summed E-state index contributed by atoms with van der Waals surface area (Å²) in [6, 6.07) is 4.49. The lowest BCUT2D eigenvalue weighted by Gasteiger charge is -2.27.